The summed E-state index contributed by atoms with van der Waals surface area (Å²) in [6.45, 7) is 0. The fraction of sp³-hybridized carbons (Fsp3) is 0.357. The normalized spacial score (nSPS) is 22.7. The number of nitrogens with one attached hydrogen (secondary N) is 1. The van der Waals surface area contributed by atoms with Crippen LogP contribution in [-0.4, -0.2) is 26.8 Å². The van der Waals surface area contributed by atoms with E-state index in [1.165, 1.54) is 0 Å². The quantitative estimate of drug-likeness (QED) is 0.827. The lowest BCUT2D eigenvalue weighted by Gasteiger charge is -2.07. The van der Waals surface area contributed by atoms with E-state index in [-0.39, 0.29) is 17.6 Å². The van der Waals surface area contributed by atoms with Crippen molar-refractivity contribution >= 4 is 22.8 Å². The highest BCUT2D eigenvalue weighted by atomic mass is 16.4. The number of aromatic nitrogens is 2. The Balaban J connectivity index is 1.87. The van der Waals surface area contributed by atoms with Crippen LogP contribution in [0.15, 0.2) is 24.5 Å². The lowest BCUT2D eigenvalue weighted by Crippen LogP contribution is -2.14. The molecule has 98 valence electrons. The number of hydrogen-bond donors (Lipinski definition) is 2. The number of rotatable bonds is 3. The molecule has 5 heteroatoms. The first kappa shape index (κ1) is 11.9. The Morgan fingerprint density at radius 3 is 2.84 bits per heavy atom. The number of carbonyl (C=O) groups excluding carboxylic acids is 1. The van der Waals surface area contributed by atoms with Gasteiger partial charge in [0, 0.05) is 29.3 Å². The first-order valence-corrected chi connectivity index (χ1v) is 6.36. The third kappa shape index (κ3) is 2.01. The van der Waals surface area contributed by atoms with Crippen molar-refractivity contribution in [3.05, 3.63) is 30.1 Å². The molecule has 0 saturated heterocycles. The number of hydrogen-bond acceptors (Lipinski definition) is 3. The van der Waals surface area contributed by atoms with E-state index in [0.717, 1.165) is 5.39 Å². The van der Waals surface area contributed by atoms with E-state index in [9.17, 15) is 9.59 Å². The van der Waals surface area contributed by atoms with Crippen molar-refractivity contribution in [1.82, 2.24) is 9.97 Å². The SMILES string of the molecule is O=C(O)C1CCC(C(=O)c2c[nH]c3ncccc23)C1. The van der Waals surface area contributed by atoms with Crippen LogP contribution in [0.5, 0.6) is 0 Å². The van der Waals surface area contributed by atoms with Gasteiger partial charge < -0.3 is 10.1 Å². The van der Waals surface area contributed by atoms with Crippen LogP contribution >= 0.6 is 0 Å². The Bertz CT molecular complexity index is 647. The number of carbonyl (C=O) groups is 2. The predicted molar refractivity (Wildman–Crippen MR) is 68.9 cm³/mol. The molecule has 19 heavy (non-hydrogen) atoms. The molecule has 2 aromatic rings. The first-order chi connectivity index (χ1) is 9.16. The lowest BCUT2D eigenvalue weighted by atomic mass is 9.95. The van der Waals surface area contributed by atoms with Crippen molar-refractivity contribution in [2.45, 2.75) is 19.3 Å². The fourth-order valence-corrected chi connectivity index (χ4v) is 2.82. The molecule has 2 heterocycles. The maximum Gasteiger partial charge on any atom is 0.306 e. The molecule has 1 fully saturated rings. The Morgan fingerprint density at radius 2 is 2.11 bits per heavy atom. The molecule has 0 radical (unpaired) electrons. The Kier molecular flexibility index (Phi) is 2.81. The highest BCUT2D eigenvalue weighted by Crippen LogP contribution is 2.34. The molecule has 0 amide bonds. The molecule has 0 aromatic carbocycles. The molecule has 2 aromatic heterocycles. The number of fused-ring (bicyclic) bond motifs is 1. The number of Topliss-reactive ketones (excluding diaryl/α,β-unsaturated/α-hetero) is 1. The van der Waals surface area contributed by atoms with Crippen molar-refractivity contribution in [2.24, 2.45) is 11.8 Å². The minimum absolute atomic E-state index is 0.0306. The number of aromatic amines is 1. The van der Waals surface area contributed by atoms with Gasteiger partial charge in [-0.25, -0.2) is 4.98 Å². The second kappa shape index (κ2) is 4.50. The van der Waals surface area contributed by atoms with Gasteiger partial charge in [-0.3, -0.25) is 9.59 Å². The van der Waals surface area contributed by atoms with E-state index in [2.05, 4.69) is 9.97 Å². The number of pyridine rings is 1. The summed E-state index contributed by atoms with van der Waals surface area (Å²) >= 11 is 0. The van der Waals surface area contributed by atoms with Crippen LogP contribution in [0.2, 0.25) is 0 Å². The van der Waals surface area contributed by atoms with Crippen LogP contribution in [0.4, 0.5) is 0 Å². The summed E-state index contributed by atoms with van der Waals surface area (Å²) in [4.78, 5) is 30.5. The summed E-state index contributed by atoms with van der Waals surface area (Å²) in [6.07, 6.45) is 5.04. The monoisotopic (exact) mass is 258 g/mol. The van der Waals surface area contributed by atoms with E-state index >= 15 is 0 Å². The molecule has 0 bridgehead atoms. The zero-order valence-corrected chi connectivity index (χ0v) is 10.3. The van der Waals surface area contributed by atoms with Crippen LogP contribution in [0, 0.1) is 11.8 Å². The number of aliphatic carboxylic acids is 1. The van der Waals surface area contributed by atoms with E-state index in [4.69, 9.17) is 5.11 Å². The Labute approximate surface area is 109 Å². The molecule has 1 aliphatic rings. The summed E-state index contributed by atoms with van der Waals surface area (Å²) in [7, 11) is 0. The summed E-state index contributed by atoms with van der Waals surface area (Å²) in [5.74, 6) is -1.32. The number of nitrogens with zero attached hydrogens (tertiary/aromatic N) is 1. The predicted octanol–water partition coefficient (Wildman–Crippen LogP) is 2.25. The number of H-pyrrole nitrogens is 1. The summed E-state index contributed by atoms with van der Waals surface area (Å²) < 4.78 is 0. The van der Waals surface area contributed by atoms with Gasteiger partial charge in [0.05, 0.1) is 5.92 Å². The summed E-state index contributed by atoms with van der Waals surface area (Å²) in [5, 5.41) is 9.80. The molecule has 2 unspecified atom stereocenters. The highest BCUT2D eigenvalue weighted by molar-refractivity contribution is 6.08. The third-order valence-electron chi connectivity index (χ3n) is 3.87. The zero-order valence-electron chi connectivity index (χ0n) is 10.3. The Hall–Kier alpha value is -2.17. The molecule has 3 rings (SSSR count). The van der Waals surface area contributed by atoms with E-state index in [1.807, 2.05) is 6.07 Å². The van der Waals surface area contributed by atoms with Crippen molar-refractivity contribution in [1.29, 1.82) is 0 Å². The second-order valence-corrected chi connectivity index (χ2v) is 5.01. The topological polar surface area (TPSA) is 83.0 Å². The van der Waals surface area contributed by atoms with Gasteiger partial charge in [-0.1, -0.05) is 0 Å². The number of ketones is 1. The lowest BCUT2D eigenvalue weighted by molar-refractivity contribution is -0.141. The smallest absolute Gasteiger partial charge is 0.306 e. The molecule has 5 nitrogen and oxygen atoms in total. The molecular formula is C14H14N2O3. The summed E-state index contributed by atoms with van der Waals surface area (Å²) in [5.41, 5.74) is 1.32. The zero-order chi connectivity index (χ0) is 13.4. The summed E-state index contributed by atoms with van der Waals surface area (Å²) in [6, 6.07) is 3.65. The van der Waals surface area contributed by atoms with Crippen molar-refractivity contribution in [3.63, 3.8) is 0 Å². The van der Waals surface area contributed by atoms with Crippen molar-refractivity contribution in [3.8, 4) is 0 Å². The van der Waals surface area contributed by atoms with E-state index in [0.29, 0.717) is 30.5 Å². The molecule has 0 spiro atoms. The van der Waals surface area contributed by atoms with Gasteiger partial charge in [0.2, 0.25) is 0 Å². The molecule has 2 N–H and O–H groups in total. The largest absolute Gasteiger partial charge is 0.481 e. The first-order valence-electron chi connectivity index (χ1n) is 6.36. The van der Waals surface area contributed by atoms with Crippen LogP contribution in [0.1, 0.15) is 29.6 Å². The highest BCUT2D eigenvalue weighted by Gasteiger charge is 2.34. The second-order valence-electron chi connectivity index (χ2n) is 5.01. The van der Waals surface area contributed by atoms with Crippen molar-refractivity contribution in [2.75, 3.05) is 0 Å². The molecule has 0 aliphatic heterocycles. The van der Waals surface area contributed by atoms with Gasteiger partial charge in [-0.15, -0.1) is 0 Å². The number of carboxylic acid groups (broad SMARTS) is 1. The molecule has 1 aliphatic carbocycles. The van der Waals surface area contributed by atoms with Gasteiger partial charge in [0.15, 0.2) is 5.78 Å². The van der Waals surface area contributed by atoms with Crippen LogP contribution in [0.3, 0.4) is 0 Å². The fourth-order valence-electron chi connectivity index (χ4n) is 2.82. The van der Waals surface area contributed by atoms with Gasteiger partial charge >= 0.3 is 5.97 Å². The van der Waals surface area contributed by atoms with E-state index < -0.39 is 5.97 Å². The standard InChI is InChI=1S/C14H14N2O3/c17-12(8-3-4-9(6-8)14(18)19)11-7-16-13-10(11)2-1-5-15-13/h1-2,5,7-9H,3-4,6H2,(H,15,16)(H,18,19). The maximum absolute atomic E-state index is 12.4. The van der Waals surface area contributed by atoms with E-state index in [1.54, 1.807) is 18.5 Å². The minimum Gasteiger partial charge on any atom is -0.481 e. The third-order valence-corrected chi connectivity index (χ3v) is 3.87. The molecule has 1 saturated carbocycles. The number of carboxylic acids is 1. The molecular weight excluding hydrogens is 244 g/mol. The molecule has 2 atom stereocenters. The Morgan fingerprint density at radius 1 is 1.32 bits per heavy atom. The minimum atomic E-state index is -0.795. The average Bonchev–Trinajstić information content (AvgIpc) is 3.05. The van der Waals surface area contributed by atoms with Crippen LogP contribution in [0.25, 0.3) is 11.0 Å². The van der Waals surface area contributed by atoms with Crippen LogP contribution in [-0.2, 0) is 4.79 Å². The van der Waals surface area contributed by atoms with Gasteiger partial charge in [0.1, 0.15) is 5.65 Å². The van der Waals surface area contributed by atoms with Gasteiger partial charge in [-0.2, -0.15) is 0 Å². The van der Waals surface area contributed by atoms with Gasteiger partial charge in [-0.05, 0) is 31.4 Å². The van der Waals surface area contributed by atoms with Crippen LogP contribution < -0.4 is 0 Å². The average molecular weight is 258 g/mol. The van der Waals surface area contributed by atoms with Crippen molar-refractivity contribution < 1.29 is 14.7 Å². The van der Waals surface area contributed by atoms with Gasteiger partial charge in [0.25, 0.3) is 0 Å². The maximum atomic E-state index is 12.4.